The van der Waals surface area contributed by atoms with Crippen molar-refractivity contribution in [1.82, 2.24) is 0 Å². The topological polar surface area (TPSA) is 63.6 Å². The lowest BCUT2D eigenvalue weighted by molar-refractivity contribution is -0.136. The molecule has 1 aromatic carbocycles. The second kappa shape index (κ2) is 7.40. The van der Waals surface area contributed by atoms with Gasteiger partial charge in [-0.1, -0.05) is 54.1 Å². The smallest absolute Gasteiger partial charge is 0.336 e. The molecule has 1 aliphatic carbocycles. The maximum atomic E-state index is 11.6. The standard InChI is InChI=1S/C19H18O4/c1-13-6-9-15(10-7-13)17(18(20)21)12-14-4-3-5-16(11-8-14)19(22)23-2/h3-4,6-12H,5H2,1-2H3,(H,20,21)/b17-12+. The van der Waals surface area contributed by atoms with Gasteiger partial charge in [0.2, 0.25) is 0 Å². The second-order valence-corrected chi connectivity index (χ2v) is 5.19. The van der Waals surface area contributed by atoms with Crippen LogP contribution in [0.1, 0.15) is 17.5 Å². The summed E-state index contributed by atoms with van der Waals surface area (Å²) in [5.41, 5.74) is 3.15. The zero-order valence-electron chi connectivity index (χ0n) is 13.1. The van der Waals surface area contributed by atoms with E-state index in [1.54, 1.807) is 36.4 Å². The molecule has 0 atom stereocenters. The van der Waals surface area contributed by atoms with Gasteiger partial charge < -0.3 is 9.84 Å². The second-order valence-electron chi connectivity index (χ2n) is 5.19. The average molecular weight is 310 g/mol. The predicted octanol–water partition coefficient (Wildman–Crippen LogP) is 3.45. The predicted molar refractivity (Wildman–Crippen MR) is 88.7 cm³/mol. The molecule has 0 saturated carbocycles. The van der Waals surface area contributed by atoms with Gasteiger partial charge in [0.25, 0.3) is 0 Å². The van der Waals surface area contributed by atoms with E-state index < -0.39 is 5.97 Å². The molecule has 1 aromatic rings. The van der Waals surface area contributed by atoms with E-state index in [4.69, 9.17) is 4.74 Å². The molecule has 0 spiro atoms. The molecule has 23 heavy (non-hydrogen) atoms. The van der Waals surface area contributed by atoms with Gasteiger partial charge in [0.1, 0.15) is 0 Å². The lowest BCUT2D eigenvalue weighted by Gasteiger charge is -2.04. The lowest BCUT2D eigenvalue weighted by atomic mass is 10.0. The van der Waals surface area contributed by atoms with E-state index in [9.17, 15) is 14.7 Å². The third-order valence-electron chi connectivity index (χ3n) is 3.48. The number of methoxy groups -OCH3 is 1. The minimum atomic E-state index is -0.996. The Morgan fingerprint density at radius 2 is 1.87 bits per heavy atom. The van der Waals surface area contributed by atoms with Gasteiger partial charge in [-0.3, -0.25) is 0 Å². The molecule has 1 aliphatic rings. The number of carbonyl (C=O) groups is 2. The van der Waals surface area contributed by atoms with E-state index >= 15 is 0 Å². The van der Waals surface area contributed by atoms with Crippen LogP contribution in [-0.4, -0.2) is 24.2 Å². The Morgan fingerprint density at radius 1 is 1.17 bits per heavy atom. The first kappa shape index (κ1) is 16.5. The number of allylic oxidation sites excluding steroid dienone is 6. The van der Waals surface area contributed by atoms with E-state index in [1.807, 2.05) is 25.1 Å². The number of esters is 1. The normalized spacial score (nSPS) is 14.6. The van der Waals surface area contributed by atoms with Gasteiger partial charge in [0.05, 0.1) is 12.7 Å². The van der Waals surface area contributed by atoms with Crippen LogP contribution in [-0.2, 0) is 14.3 Å². The zero-order valence-corrected chi connectivity index (χ0v) is 13.1. The number of rotatable bonds is 4. The van der Waals surface area contributed by atoms with Crippen LogP contribution in [0.2, 0.25) is 0 Å². The first-order chi connectivity index (χ1) is 11.0. The number of ether oxygens (including phenoxy) is 1. The maximum Gasteiger partial charge on any atom is 0.336 e. The summed E-state index contributed by atoms with van der Waals surface area (Å²) in [7, 11) is 1.34. The van der Waals surface area contributed by atoms with Gasteiger partial charge in [0, 0.05) is 5.57 Å². The fraction of sp³-hybridized carbons (Fsp3) is 0.158. The highest BCUT2D eigenvalue weighted by atomic mass is 16.5. The van der Waals surface area contributed by atoms with Gasteiger partial charge in [-0.15, -0.1) is 0 Å². The van der Waals surface area contributed by atoms with Gasteiger partial charge in [-0.25, -0.2) is 9.59 Å². The Kier molecular flexibility index (Phi) is 5.31. The molecule has 0 heterocycles. The van der Waals surface area contributed by atoms with E-state index in [2.05, 4.69) is 0 Å². The number of benzene rings is 1. The summed E-state index contributed by atoms with van der Waals surface area (Å²) in [5.74, 6) is -1.38. The number of carbonyl (C=O) groups excluding carboxylic acids is 1. The Labute approximate surface area is 135 Å². The van der Waals surface area contributed by atoms with Crippen molar-refractivity contribution < 1.29 is 19.4 Å². The Hall–Kier alpha value is -2.88. The minimum absolute atomic E-state index is 0.204. The van der Waals surface area contributed by atoms with E-state index in [-0.39, 0.29) is 11.5 Å². The van der Waals surface area contributed by atoms with Crippen LogP contribution in [0.5, 0.6) is 0 Å². The summed E-state index contributed by atoms with van der Waals surface area (Å²) in [4.78, 5) is 23.1. The van der Waals surface area contributed by atoms with Crippen LogP contribution < -0.4 is 0 Å². The number of hydrogen-bond acceptors (Lipinski definition) is 3. The minimum Gasteiger partial charge on any atom is -0.478 e. The molecule has 0 fully saturated rings. The molecule has 0 bridgehead atoms. The summed E-state index contributed by atoms with van der Waals surface area (Å²) in [6.45, 7) is 1.95. The third kappa shape index (κ3) is 4.30. The maximum absolute atomic E-state index is 11.6. The molecule has 4 heteroatoms. The van der Waals surface area contributed by atoms with Crippen molar-refractivity contribution in [1.29, 1.82) is 0 Å². The first-order valence-corrected chi connectivity index (χ1v) is 7.19. The number of carboxylic acid groups (broad SMARTS) is 1. The fourth-order valence-corrected chi connectivity index (χ4v) is 2.19. The van der Waals surface area contributed by atoms with Gasteiger partial charge in [-0.05, 0) is 30.6 Å². The summed E-state index contributed by atoms with van der Waals surface area (Å²) in [6, 6.07) is 7.31. The van der Waals surface area contributed by atoms with E-state index in [1.165, 1.54) is 7.11 Å². The van der Waals surface area contributed by atoms with Gasteiger partial charge in [0.15, 0.2) is 0 Å². The Morgan fingerprint density at radius 3 is 2.48 bits per heavy atom. The largest absolute Gasteiger partial charge is 0.478 e. The number of aliphatic carboxylic acids is 1. The Bertz CT molecular complexity index is 731. The number of carboxylic acids is 1. The van der Waals surface area contributed by atoms with E-state index in [0.29, 0.717) is 23.1 Å². The third-order valence-corrected chi connectivity index (χ3v) is 3.48. The van der Waals surface area contributed by atoms with Crippen molar-refractivity contribution in [3.05, 3.63) is 76.9 Å². The Balaban J connectivity index is 2.38. The lowest BCUT2D eigenvalue weighted by Crippen LogP contribution is -2.03. The van der Waals surface area contributed by atoms with Gasteiger partial charge >= 0.3 is 11.9 Å². The van der Waals surface area contributed by atoms with Crippen molar-refractivity contribution in [3.8, 4) is 0 Å². The van der Waals surface area contributed by atoms with Crippen LogP contribution >= 0.6 is 0 Å². The highest BCUT2D eigenvalue weighted by Crippen LogP contribution is 2.20. The van der Waals surface area contributed by atoms with Crippen LogP contribution in [0.25, 0.3) is 5.57 Å². The monoisotopic (exact) mass is 310 g/mol. The van der Waals surface area contributed by atoms with Crippen LogP contribution in [0.3, 0.4) is 0 Å². The average Bonchev–Trinajstić information content (AvgIpc) is 2.78. The number of hydrogen-bond donors (Lipinski definition) is 1. The van der Waals surface area contributed by atoms with Crippen LogP contribution in [0, 0.1) is 6.92 Å². The molecule has 0 aromatic heterocycles. The van der Waals surface area contributed by atoms with Crippen molar-refractivity contribution in [2.24, 2.45) is 0 Å². The molecule has 0 unspecified atom stereocenters. The van der Waals surface area contributed by atoms with Crippen LogP contribution in [0.15, 0.2) is 65.8 Å². The number of aryl methyl sites for hydroxylation is 1. The molecular weight excluding hydrogens is 292 g/mol. The van der Waals surface area contributed by atoms with Crippen LogP contribution in [0.4, 0.5) is 0 Å². The molecule has 118 valence electrons. The summed E-state index contributed by atoms with van der Waals surface area (Å²) >= 11 is 0. The van der Waals surface area contributed by atoms with Crippen molar-refractivity contribution in [3.63, 3.8) is 0 Å². The summed E-state index contributed by atoms with van der Waals surface area (Å²) < 4.78 is 4.70. The highest BCUT2D eigenvalue weighted by Gasteiger charge is 2.12. The SMILES string of the molecule is COC(=O)C1=CC=C(/C=C(/C(=O)O)c2ccc(C)cc2)C=CC1. The summed E-state index contributed by atoms with van der Waals surface area (Å²) in [6.07, 6.45) is 9.03. The highest BCUT2D eigenvalue weighted by molar-refractivity contribution is 6.16. The molecule has 1 N–H and O–H groups in total. The molecule has 2 rings (SSSR count). The molecule has 0 amide bonds. The fourth-order valence-electron chi connectivity index (χ4n) is 2.19. The molecule has 4 nitrogen and oxygen atoms in total. The quantitative estimate of drug-likeness (QED) is 0.683. The van der Waals surface area contributed by atoms with Gasteiger partial charge in [-0.2, -0.15) is 0 Å². The van der Waals surface area contributed by atoms with Crippen molar-refractivity contribution in [2.45, 2.75) is 13.3 Å². The molecule has 0 aliphatic heterocycles. The van der Waals surface area contributed by atoms with Crippen molar-refractivity contribution in [2.75, 3.05) is 7.11 Å². The first-order valence-electron chi connectivity index (χ1n) is 7.19. The summed E-state index contributed by atoms with van der Waals surface area (Å²) in [5, 5.41) is 9.47. The molecular formula is C19H18O4. The zero-order chi connectivity index (χ0) is 16.8. The van der Waals surface area contributed by atoms with E-state index in [0.717, 1.165) is 5.56 Å². The molecule has 0 radical (unpaired) electrons. The van der Waals surface area contributed by atoms with Crippen molar-refractivity contribution >= 4 is 17.5 Å². The molecule has 0 saturated heterocycles.